The molecule has 26 heavy (non-hydrogen) atoms. The van der Waals surface area contributed by atoms with Crippen molar-refractivity contribution < 1.29 is 9.66 Å². The lowest BCUT2D eigenvalue weighted by Crippen LogP contribution is -2.21. The number of rotatable bonds is 2. The fourth-order valence-electron chi connectivity index (χ4n) is 3.32. The fourth-order valence-corrected chi connectivity index (χ4v) is 3.32. The molecule has 126 valence electrons. The van der Waals surface area contributed by atoms with E-state index < -0.39 is 10.8 Å². The maximum absolute atomic E-state index is 10.9. The van der Waals surface area contributed by atoms with Gasteiger partial charge >= 0.3 is 0 Å². The molecule has 0 saturated heterocycles. The third kappa shape index (κ3) is 2.34. The number of nitrogens with two attached hydrogens (primary N) is 1. The molecule has 0 aromatic heterocycles. The van der Waals surface area contributed by atoms with Crippen molar-refractivity contribution in [2.45, 2.75) is 5.92 Å². The molecule has 0 radical (unpaired) electrons. The fraction of sp³-hybridized carbons (Fsp3) is 0.0500. The number of hydrogen-bond donors (Lipinski definition) is 1. The molecule has 1 heterocycles. The van der Waals surface area contributed by atoms with Crippen molar-refractivity contribution >= 4 is 16.5 Å². The molecule has 1 atom stereocenters. The zero-order valence-corrected chi connectivity index (χ0v) is 13.5. The quantitative estimate of drug-likeness (QED) is 0.560. The Morgan fingerprint density at radius 1 is 1.08 bits per heavy atom. The van der Waals surface area contributed by atoms with Crippen molar-refractivity contribution in [2.24, 2.45) is 5.73 Å². The van der Waals surface area contributed by atoms with E-state index >= 15 is 0 Å². The van der Waals surface area contributed by atoms with E-state index in [1.54, 1.807) is 12.1 Å². The van der Waals surface area contributed by atoms with E-state index in [1.165, 1.54) is 12.1 Å². The van der Waals surface area contributed by atoms with Gasteiger partial charge in [-0.25, -0.2) is 0 Å². The zero-order chi connectivity index (χ0) is 18.3. The van der Waals surface area contributed by atoms with Gasteiger partial charge in [-0.05, 0) is 10.9 Å². The van der Waals surface area contributed by atoms with E-state index in [1.807, 2.05) is 36.4 Å². The van der Waals surface area contributed by atoms with Gasteiger partial charge < -0.3 is 10.5 Å². The third-order valence-electron chi connectivity index (χ3n) is 4.54. The minimum atomic E-state index is -0.454. The summed E-state index contributed by atoms with van der Waals surface area (Å²) in [6.07, 6.45) is 0. The van der Waals surface area contributed by atoms with Crippen LogP contribution in [0.4, 0.5) is 5.69 Å². The van der Waals surface area contributed by atoms with E-state index in [0.717, 1.165) is 21.9 Å². The first-order valence-electron chi connectivity index (χ1n) is 7.93. The van der Waals surface area contributed by atoms with Crippen LogP contribution < -0.4 is 10.5 Å². The molecule has 0 fully saturated rings. The summed E-state index contributed by atoms with van der Waals surface area (Å²) in [7, 11) is 0. The molecular weight excluding hydrogens is 330 g/mol. The zero-order valence-electron chi connectivity index (χ0n) is 13.5. The van der Waals surface area contributed by atoms with E-state index in [9.17, 15) is 15.4 Å². The molecule has 0 bridgehead atoms. The van der Waals surface area contributed by atoms with Gasteiger partial charge in [0.2, 0.25) is 5.88 Å². The van der Waals surface area contributed by atoms with Crippen molar-refractivity contribution in [3.63, 3.8) is 0 Å². The van der Waals surface area contributed by atoms with Gasteiger partial charge in [0.05, 0.1) is 10.8 Å². The first kappa shape index (κ1) is 15.7. The molecule has 0 saturated carbocycles. The molecule has 2 N–H and O–H groups in total. The van der Waals surface area contributed by atoms with Crippen molar-refractivity contribution in [3.8, 4) is 11.8 Å². The van der Waals surface area contributed by atoms with Crippen molar-refractivity contribution in [1.29, 1.82) is 5.26 Å². The second kappa shape index (κ2) is 5.90. The summed E-state index contributed by atoms with van der Waals surface area (Å²) in [5.41, 5.74) is 7.87. The number of nitriles is 1. The predicted octanol–water partition coefficient (Wildman–Crippen LogP) is 3.97. The molecule has 3 aromatic rings. The summed E-state index contributed by atoms with van der Waals surface area (Å²) in [5, 5.41) is 22.4. The maximum Gasteiger partial charge on any atom is 0.269 e. The highest BCUT2D eigenvalue weighted by Crippen LogP contribution is 2.45. The van der Waals surface area contributed by atoms with E-state index in [4.69, 9.17) is 10.5 Å². The standard InChI is InChI=1S/C20H13N3O3/c21-11-17-18(13-5-8-14(9-6-13)23(24)25)16-10-7-12-3-1-2-4-15(12)19(16)26-20(17)22/h1-10,18H,22H2/t18-/m0/s1. The maximum atomic E-state index is 10.9. The lowest BCUT2D eigenvalue weighted by atomic mass is 9.82. The number of non-ortho nitro benzene ring substituents is 1. The molecule has 3 aromatic carbocycles. The summed E-state index contributed by atoms with van der Waals surface area (Å²) < 4.78 is 5.79. The Morgan fingerprint density at radius 2 is 1.81 bits per heavy atom. The number of nitrogens with zero attached hydrogens (tertiary/aromatic N) is 2. The Balaban J connectivity index is 1.94. The number of allylic oxidation sites excluding steroid dienone is 1. The van der Waals surface area contributed by atoms with Crippen LogP contribution in [0.2, 0.25) is 0 Å². The van der Waals surface area contributed by atoms with Crippen LogP contribution in [-0.4, -0.2) is 4.92 Å². The molecule has 6 nitrogen and oxygen atoms in total. The van der Waals surface area contributed by atoms with Gasteiger partial charge in [-0.2, -0.15) is 5.26 Å². The Morgan fingerprint density at radius 3 is 2.50 bits per heavy atom. The van der Waals surface area contributed by atoms with Gasteiger partial charge in [0.1, 0.15) is 17.4 Å². The highest BCUT2D eigenvalue weighted by atomic mass is 16.6. The average molecular weight is 343 g/mol. The Kier molecular flexibility index (Phi) is 3.55. The molecule has 0 aliphatic carbocycles. The van der Waals surface area contributed by atoms with Crippen LogP contribution >= 0.6 is 0 Å². The van der Waals surface area contributed by atoms with Crippen LogP contribution in [0.25, 0.3) is 10.8 Å². The number of nitro benzene ring substituents is 1. The first-order chi connectivity index (χ1) is 12.6. The predicted molar refractivity (Wildman–Crippen MR) is 96.3 cm³/mol. The third-order valence-corrected chi connectivity index (χ3v) is 4.54. The first-order valence-corrected chi connectivity index (χ1v) is 7.93. The lowest BCUT2D eigenvalue weighted by molar-refractivity contribution is -0.384. The molecule has 1 aliphatic heterocycles. The lowest BCUT2D eigenvalue weighted by Gasteiger charge is -2.27. The van der Waals surface area contributed by atoms with Crippen molar-refractivity contribution in [3.05, 3.63) is 93.4 Å². The Labute approximate surface area is 148 Å². The monoisotopic (exact) mass is 343 g/mol. The van der Waals surface area contributed by atoms with Crippen LogP contribution in [0, 0.1) is 21.4 Å². The summed E-state index contributed by atoms with van der Waals surface area (Å²) in [5.74, 6) is 0.233. The summed E-state index contributed by atoms with van der Waals surface area (Å²) in [6, 6.07) is 19.9. The van der Waals surface area contributed by atoms with Crippen LogP contribution in [0.1, 0.15) is 17.0 Å². The number of nitro groups is 1. The second-order valence-corrected chi connectivity index (χ2v) is 5.98. The largest absolute Gasteiger partial charge is 0.440 e. The summed E-state index contributed by atoms with van der Waals surface area (Å²) in [4.78, 5) is 10.5. The molecule has 6 heteroatoms. The Hall–Kier alpha value is -3.85. The molecule has 1 aliphatic rings. The number of fused-ring (bicyclic) bond motifs is 3. The highest BCUT2D eigenvalue weighted by molar-refractivity contribution is 5.90. The van der Waals surface area contributed by atoms with Crippen LogP contribution in [0.3, 0.4) is 0 Å². The molecule has 4 rings (SSSR count). The topological polar surface area (TPSA) is 102 Å². The van der Waals surface area contributed by atoms with E-state index in [0.29, 0.717) is 11.3 Å². The number of hydrogen-bond acceptors (Lipinski definition) is 5. The smallest absolute Gasteiger partial charge is 0.269 e. The average Bonchev–Trinajstić information content (AvgIpc) is 2.67. The highest BCUT2D eigenvalue weighted by Gasteiger charge is 2.31. The minimum absolute atomic E-state index is 0.00463. The van der Waals surface area contributed by atoms with Gasteiger partial charge in [-0.1, -0.05) is 48.5 Å². The van der Waals surface area contributed by atoms with Gasteiger partial charge in [-0.3, -0.25) is 10.1 Å². The molecular formula is C20H13N3O3. The van der Waals surface area contributed by atoms with Gasteiger partial charge in [-0.15, -0.1) is 0 Å². The van der Waals surface area contributed by atoms with Gasteiger partial charge in [0, 0.05) is 23.1 Å². The second-order valence-electron chi connectivity index (χ2n) is 5.98. The van der Waals surface area contributed by atoms with Crippen molar-refractivity contribution in [2.75, 3.05) is 0 Å². The van der Waals surface area contributed by atoms with E-state index in [-0.39, 0.29) is 11.6 Å². The normalized spacial score (nSPS) is 15.9. The molecule has 0 unspecified atom stereocenters. The molecule has 0 amide bonds. The number of benzene rings is 3. The van der Waals surface area contributed by atoms with Crippen LogP contribution in [-0.2, 0) is 0 Å². The van der Waals surface area contributed by atoms with E-state index in [2.05, 4.69) is 6.07 Å². The van der Waals surface area contributed by atoms with Gasteiger partial charge in [0.15, 0.2) is 0 Å². The van der Waals surface area contributed by atoms with Crippen LogP contribution in [0.5, 0.6) is 5.75 Å². The van der Waals surface area contributed by atoms with Crippen LogP contribution in [0.15, 0.2) is 72.1 Å². The molecule has 0 spiro atoms. The number of ether oxygens (including phenoxy) is 1. The summed E-state index contributed by atoms with van der Waals surface area (Å²) >= 11 is 0. The Bertz CT molecular complexity index is 1110. The van der Waals surface area contributed by atoms with Gasteiger partial charge in [0.25, 0.3) is 5.69 Å². The minimum Gasteiger partial charge on any atom is -0.440 e. The SMILES string of the molecule is N#CC1=C(N)Oc2c(ccc3ccccc23)[C@@H]1c1ccc([N+](=O)[O-])cc1. The summed E-state index contributed by atoms with van der Waals surface area (Å²) in [6.45, 7) is 0. The van der Waals surface area contributed by atoms with Crippen molar-refractivity contribution in [1.82, 2.24) is 0 Å².